The lowest BCUT2D eigenvalue weighted by atomic mass is 10.1. The molecule has 0 bridgehead atoms. The molecule has 0 spiro atoms. The number of benzene rings is 1. The van der Waals surface area contributed by atoms with Crippen LogP contribution in [0.3, 0.4) is 0 Å². The molecular weight excluding hydrogens is 250 g/mol. The Balaban J connectivity index is 0.00000162. The average Bonchev–Trinajstić information content (AvgIpc) is 2.81. The molecule has 1 N–H and O–H groups in total. The number of likely N-dealkylation sites (tertiary alicyclic amines) is 1. The number of halogens is 1. The molecule has 0 aliphatic carbocycles. The van der Waals surface area contributed by atoms with Crippen LogP contribution >= 0.6 is 12.4 Å². The molecule has 100 valence electrons. The van der Waals surface area contributed by atoms with E-state index in [4.69, 9.17) is 5.11 Å². The summed E-state index contributed by atoms with van der Waals surface area (Å²) < 4.78 is 0. The molecule has 0 saturated carbocycles. The molecule has 1 fully saturated rings. The Morgan fingerprint density at radius 3 is 2.22 bits per heavy atom. The number of carbonyl (C=O) groups is 1. The molecule has 18 heavy (non-hydrogen) atoms. The quantitative estimate of drug-likeness (QED) is 0.894. The van der Waals surface area contributed by atoms with Crippen LogP contribution in [0.4, 0.5) is 0 Å². The van der Waals surface area contributed by atoms with Crippen molar-refractivity contribution in [3.8, 4) is 0 Å². The third-order valence-corrected chi connectivity index (χ3v) is 3.26. The fraction of sp³-hybridized carbons (Fsp3) is 0.500. The second kappa shape index (κ2) is 7.39. The zero-order valence-corrected chi connectivity index (χ0v) is 11.3. The zero-order chi connectivity index (χ0) is 12.1. The van der Waals surface area contributed by atoms with Gasteiger partial charge in [0, 0.05) is 13.0 Å². The minimum Gasteiger partial charge on any atom is -0.481 e. The van der Waals surface area contributed by atoms with Crippen molar-refractivity contribution in [3.63, 3.8) is 0 Å². The predicted molar refractivity (Wildman–Crippen MR) is 74.2 cm³/mol. The molecule has 1 aromatic carbocycles. The molecule has 0 atom stereocenters. The molecule has 0 aromatic heterocycles. The van der Waals surface area contributed by atoms with Gasteiger partial charge in [-0.15, -0.1) is 12.4 Å². The molecule has 1 aromatic rings. The van der Waals surface area contributed by atoms with E-state index in [1.54, 1.807) is 0 Å². The third-order valence-electron chi connectivity index (χ3n) is 3.26. The molecular formula is C14H20ClNO2. The first-order valence-electron chi connectivity index (χ1n) is 6.26. The average molecular weight is 270 g/mol. The van der Waals surface area contributed by atoms with E-state index in [0.717, 1.165) is 12.1 Å². The normalized spacial score (nSPS) is 15.3. The van der Waals surface area contributed by atoms with Crippen LogP contribution in [0.15, 0.2) is 24.3 Å². The largest absolute Gasteiger partial charge is 0.481 e. The maximum atomic E-state index is 10.5. The van der Waals surface area contributed by atoms with Crippen molar-refractivity contribution in [2.24, 2.45) is 0 Å². The third kappa shape index (κ3) is 4.67. The van der Waals surface area contributed by atoms with E-state index >= 15 is 0 Å². The van der Waals surface area contributed by atoms with Gasteiger partial charge >= 0.3 is 5.97 Å². The van der Waals surface area contributed by atoms with Gasteiger partial charge in [0.15, 0.2) is 0 Å². The van der Waals surface area contributed by atoms with Gasteiger partial charge in [0.05, 0.1) is 0 Å². The summed E-state index contributed by atoms with van der Waals surface area (Å²) in [6, 6.07) is 8.34. The SMILES string of the molecule is Cl.O=C(O)CCc1ccc(CN2CCCC2)cc1. The monoisotopic (exact) mass is 269 g/mol. The van der Waals surface area contributed by atoms with E-state index < -0.39 is 5.97 Å². The van der Waals surface area contributed by atoms with Gasteiger partial charge in [0.2, 0.25) is 0 Å². The first-order valence-corrected chi connectivity index (χ1v) is 6.26. The first-order chi connectivity index (χ1) is 8.24. The molecule has 2 rings (SSSR count). The Morgan fingerprint density at radius 2 is 1.67 bits per heavy atom. The van der Waals surface area contributed by atoms with E-state index in [-0.39, 0.29) is 18.8 Å². The number of aliphatic carboxylic acids is 1. The Hall–Kier alpha value is -1.06. The maximum absolute atomic E-state index is 10.5. The van der Waals surface area contributed by atoms with Crippen molar-refractivity contribution in [2.75, 3.05) is 13.1 Å². The number of hydrogen-bond acceptors (Lipinski definition) is 2. The lowest BCUT2D eigenvalue weighted by molar-refractivity contribution is -0.136. The zero-order valence-electron chi connectivity index (χ0n) is 10.5. The smallest absolute Gasteiger partial charge is 0.303 e. The van der Waals surface area contributed by atoms with Gasteiger partial charge in [-0.1, -0.05) is 24.3 Å². The van der Waals surface area contributed by atoms with Crippen LogP contribution in [0, 0.1) is 0 Å². The van der Waals surface area contributed by atoms with Gasteiger partial charge in [-0.2, -0.15) is 0 Å². The van der Waals surface area contributed by atoms with Gasteiger partial charge in [0.25, 0.3) is 0 Å². The fourth-order valence-electron chi connectivity index (χ4n) is 2.26. The van der Waals surface area contributed by atoms with Gasteiger partial charge in [-0.05, 0) is 43.5 Å². The van der Waals surface area contributed by atoms with Gasteiger partial charge in [-0.3, -0.25) is 9.69 Å². The summed E-state index contributed by atoms with van der Waals surface area (Å²) in [5, 5.41) is 8.61. The summed E-state index contributed by atoms with van der Waals surface area (Å²) in [5.41, 5.74) is 2.43. The van der Waals surface area contributed by atoms with Crippen LogP contribution in [0.25, 0.3) is 0 Å². The van der Waals surface area contributed by atoms with Crippen LogP contribution in [0.5, 0.6) is 0 Å². The van der Waals surface area contributed by atoms with E-state index in [0.29, 0.717) is 6.42 Å². The van der Waals surface area contributed by atoms with Crippen LogP contribution in [-0.2, 0) is 17.8 Å². The molecule has 1 aliphatic rings. The molecule has 0 radical (unpaired) electrons. The molecule has 0 amide bonds. The Labute approximate surface area is 114 Å². The molecule has 3 nitrogen and oxygen atoms in total. The van der Waals surface area contributed by atoms with Gasteiger partial charge < -0.3 is 5.11 Å². The summed E-state index contributed by atoms with van der Waals surface area (Å²) in [6.07, 6.45) is 3.47. The van der Waals surface area contributed by atoms with E-state index in [2.05, 4.69) is 17.0 Å². The van der Waals surface area contributed by atoms with Crippen molar-refractivity contribution in [3.05, 3.63) is 35.4 Å². The van der Waals surface area contributed by atoms with Crippen molar-refractivity contribution < 1.29 is 9.90 Å². The lowest BCUT2D eigenvalue weighted by Gasteiger charge is -2.14. The number of carboxylic acid groups (broad SMARTS) is 1. The van der Waals surface area contributed by atoms with Crippen LogP contribution in [-0.4, -0.2) is 29.1 Å². The summed E-state index contributed by atoms with van der Waals surface area (Å²) in [5.74, 6) is -0.730. The van der Waals surface area contributed by atoms with Crippen LogP contribution < -0.4 is 0 Å². The number of carboxylic acids is 1. The molecule has 1 saturated heterocycles. The van der Waals surface area contributed by atoms with Crippen molar-refractivity contribution >= 4 is 18.4 Å². The summed E-state index contributed by atoms with van der Waals surface area (Å²) in [6.45, 7) is 3.45. The highest BCUT2D eigenvalue weighted by Gasteiger charge is 2.11. The Morgan fingerprint density at radius 1 is 1.11 bits per heavy atom. The van der Waals surface area contributed by atoms with E-state index in [1.807, 2.05) is 12.1 Å². The number of rotatable bonds is 5. The Kier molecular flexibility index (Phi) is 6.16. The predicted octanol–water partition coefficient (Wildman–Crippen LogP) is 2.72. The van der Waals surface area contributed by atoms with Gasteiger partial charge in [-0.25, -0.2) is 0 Å². The fourth-order valence-corrected chi connectivity index (χ4v) is 2.26. The number of aryl methyl sites for hydroxylation is 1. The number of nitrogens with zero attached hydrogens (tertiary/aromatic N) is 1. The van der Waals surface area contributed by atoms with E-state index in [1.165, 1.54) is 31.5 Å². The molecule has 1 heterocycles. The standard InChI is InChI=1S/C14H19NO2.ClH/c16-14(17)8-7-12-3-5-13(6-4-12)11-15-9-1-2-10-15;/h3-6H,1-2,7-11H2,(H,16,17);1H. The van der Waals surface area contributed by atoms with Crippen molar-refractivity contribution in [1.82, 2.24) is 4.90 Å². The highest BCUT2D eigenvalue weighted by molar-refractivity contribution is 5.85. The van der Waals surface area contributed by atoms with Gasteiger partial charge in [0.1, 0.15) is 0 Å². The topological polar surface area (TPSA) is 40.5 Å². The minimum atomic E-state index is -0.730. The summed E-state index contributed by atoms with van der Waals surface area (Å²) >= 11 is 0. The summed E-state index contributed by atoms with van der Waals surface area (Å²) in [4.78, 5) is 12.9. The van der Waals surface area contributed by atoms with Crippen LogP contribution in [0.1, 0.15) is 30.4 Å². The molecule has 1 aliphatic heterocycles. The molecule has 4 heteroatoms. The molecule has 0 unspecified atom stereocenters. The lowest BCUT2D eigenvalue weighted by Crippen LogP contribution is -2.18. The highest BCUT2D eigenvalue weighted by Crippen LogP contribution is 2.13. The minimum absolute atomic E-state index is 0. The second-order valence-electron chi connectivity index (χ2n) is 4.69. The van der Waals surface area contributed by atoms with E-state index in [9.17, 15) is 4.79 Å². The summed E-state index contributed by atoms with van der Waals surface area (Å²) in [7, 11) is 0. The second-order valence-corrected chi connectivity index (χ2v) is 4.69. The van der Waals surface area contributed by atoms with Crippen LogP contribution in [0.2, 0.25) is 0 Å². The highest BCUT2D eigenvalue weighted by atomic mass is 35.5. The number of hydrogen-bond donors (Lipinski definition) is 1. The first kappa shape index (κ1) is 15.0. The Bertz CT molecular complexity index is 372. The maximum Gasteiger partial charge on any atom is 0.303 e. The van der Waals surface area contributed by atoms with Crippen molar-refractivity contribution in [1.29, 1.82) is 0 Å². The van der Waals surface area contributed by atoms with Crippen molar-refractivity contribution in [2.45, 2.75) is 32.2 Å².